The van der Waals surface area contributed by atoms with Crippen molar-refractivity contribution in [3.05, 3.63) is 206 Å². The SMILES string of the molecule is CC(C)OCC1OC(n2cc(/C=C/C(=O)NCCN(CCNC(=O)CN3/C(=C/C=C/c4cc[n+](C)c5ccccc45)Sc4ccccc43)CCNC(=O)CN3/C(=C/C=C/c4cc[n+](C)c5ccccc45)Sc4ccccc43)c(=O)[nH]c2=O)CC1OP(=O)(O)OC(C)C. The summed E-state index contributed by atoms with van der Waals surface area (Å²) in [6.45, 7) is 8.63. The molecule has 1 saturated heterocycles. The number of rotatable bonds is 27. The number of carbonyl (C=O) groups is 3. The van der Waals surface area contributed by atoms with Crippen LogP contribution in [0.3, 0.4) is 0 Å². The smallest absolute Gasteiger partial charge is 0.376 e. The van der Waals surface area contributed by atoms with Crippen molar-refractivity contribution in [3.63, 3.8) is 0 Å². The van der Waals surface area contributed by atoms with Gasteiger partial charge in [-0.2, -0.15) is 0 Å². The maximum absolute atomic E-state index is 13.9. The lowest BCUT2D eigenvalue weighted by Gasteiger charge is -2.24. The maximum atomic E-state index is 13.9. The summed E-state index contributed by atoms with van der Waals surface area (Å²) in [5.74, 6) is -0.924. The third kappa shape index (κ3) is 17.3. The van der Waals surface area contributed by atoms with E-state index in [-0.39, 0.29) is 69.2 Å². The molecule has 4 unspecified atom stereocenters. The molecule has 0 saturated carbocycles. The molecule has 0 spiro atoms. The summed E-state index contributed by atoms with van der Waals surface area (Å²) in [5, 5.41) is 13.1. The third-order valence-electron chi connectivity index (χ3n) is 15.4. The Kier molecular flexibility index (Phi) is 22.4. The number of aryl methyl sites for hydroxylation is 2. The Balaban J connectivity index is 0.796. The predicted molar refractivity (Wildman–Crippen MR) is 360 cm³/mol. The first-order valence-electron chi connectivity index (χ1n) is 30.5. The van der Waals surface area contributed by atoms with Crippen LogP contribution in [0, 0.1) is 0 Å². The van der Waals surface area contributed by atoms with Gasteiger partial charge in [0, 0.05) is 92.0 Å². The number of nitrogens with zero attached hydrogens (tertiary/aromatic N) is 6. The van der Waals surface area contributed by atoms with Gasteiger partial charge in [-0.25, -0.2) is 18.5 Å². The average Bonchev–Trinajstić information content (AvgIpc) is 2.08. The number of H-pyrrole nitrogens is 1. The van der Waals surface area contributed by atoms with E-state index in [2.05, 4.69) is 78.6 Å². The number of aromatic nitrogens is 4. The number of phosphoric ester groups is 1. The fourth-order valence-electron chi connectivity index (χ4n) is 10.9. The van der Waals surface area contributed by atoms with Gasteiger partial charge in [-0.1, -0.05) is 96.4 Å². The van der Waals surface area contributed by atoms with Crippen LogP contribution in [-0.2, 0) is 51.6 Å². The highest BCUT2D eigenvalue weighted by Gasteiger charge is 2.43. The lowest BCUT2D eigenvalue weighted by molar-refractivity contribution is -0.645. The summed E-state index contributed by atoms with van der Waals surface area (Å²) < 4.78 is 40.7. The molecule has 21 nitrogen and oxygen atoms in total. The van der Waals surface area contributed by atoms with Crippen LogP contribution in [0.25, 0.3) is 40.0 Å². The minimum atomic E-state index is -4.54. The van der Waals surface area contributed by atoms with E-state index in [4.69, 9.17) is 18.5 Å². The molecule has 4 atom stereocenters. The summed E-state index contributed by atoms with van der Waals surface area (Å²) in [6, 6.07) is 36.6. The fourth-order valence-corrected chi connectivity index (χ4v) is 14.2. The minimum Gasteiger partial charge on any atom is -0.376 e. The van der Waals surface area contributed by atoms with Gasteiger partial charge in [0.05, 0.1) is 56.6 Å². The lowest BCUT2D eigenvalue weighted by Crippen LogP contribution is -2.45. The number of carbonyl (C=O) groups excluding carboxylic acids is 3. The van der Waals surface area contributed by atoms with E-state index in [1.54, 1.807) is 37.4 Å². The second kappa shape index (κ2) is 30.9. The molecule has 3 aromatic heterocycles. The number of benzene rings is 4. The van der Waals surface area contributed by atoms with Crippen LogP contribution in [-0.4, -0.2) is 120 Å². The summed E-state index contributed by atoms with van der Waals surface area (Å²) in [6.07, 6.45) is 16.2. The number of para-hydroxylation sites is 4. The lowest BCUT2D eigenvalue weighted by atomic mass is 10.1. The highest BCUT2D eigenvalue weighted by molar-refractivity contribution is 8.04. The van der Waals surface area contributed by atoms with E-state index < -0.39 is 49.5 Å². The number of phosphoric acid groups is 1. The standard InChI is InChI=1S/C68H75N10O11PS2/c1-46(2)86-45-58-57(89-90(84,85)88-47(3)4)41-64(87-58)78-42-50(67(82)72-68(78)83)29-30-61(79)69-33-38-75(39-34-70-62(80)43-76-55-23-11-13-25-59(55)91-65(76)27-15-17-48-31-36-73(5)53-21-9-7-19-51(48)53)40-35-71-63(81)44-77-56-24-12-14-26-60(56)92-66(77)28-16-18-49-32-37-74(6)54-22-10-8-20-52(49)54/h7-32,36-37,42,46-47,57-58,64H,33-35,38-41,43-45H2,1-6H3,(H3-2,69,70,71,72,79,80,81,82,83,84,85)/p+2/b30-29+. The van der Waals surface area contributed by atoms with Crippen molar-refractivity contribution in [1.82, 2.24) is 30.4 Å². The number of thioether (sulfide) groups is 2. The maximum Gasteiger partial charge on any atom is 0.472 e. The number of nitrogens with one attached hydrogen (secondary N) is 4. The number of hydrogen-bond acceptors (Lipinski definition) is 15. The van der Waals surface area contributed by atoms with Crippen LogP contribution in [0.2, 0.25) is 0 Å². The average molecular weight is 1310 g/mol. The molecule has 0 aliphatic carbocycles. The highest BCUT2D eigenvalue weighted by Crippen LogP contribution is 2.50. The minimum absolute atomic E-state index is 0.0251. The largest absolute Gasteiger partial charge is 0.472 e. The monoisotopic (exact) mass is 1300 g/mol. The number of aromatic amines is 1. The number of anilines is 2. The number of hydrogen-bond donors (Lipinski definition) is 5. The van der Waals surface area contributed by atoms with Crippen LogP contribution in [0.5, 0.6) is 0 Å². The molecule has 5 N–H and O–H groups in total. The highest BCUT2D eigenvalue weighted by atomic mass is 32.2. The molecule has 10 rings (SSSR count). The van der Waals surface area contributed by atoms with Crippen LogP contribution in [0.15, 0.2) is 188 Å². The van der Waals surface area contributed by atoms with Gasteiger partial charge >= 0.3 is 13.5 Å². The van der Waals surface area contributed by atoms with Gasteiger partial charge < -0.3 is 40.1 Å². The van der Waals surface area contributed by atoms with Gasteiger partial charge in [0.1, 0.15) is 45.6 Å². The summed E-state index contributed by atoms with van der Waals surface area (Å²) in [7, 11) is -0.487. The Morgan fingerprint density at radius 3 is 1.75 bits per heavy atom. The predicted octanol–water partition coefficient (Wildman–Crippen LogP) is 8.11. The molecular formula is C68H77N10O11PS2+2. The van der Waals surface area contributed by atoms with Crippen molar-refractivity contribution in [2.24, 2.45) is 14.1 Å². The Morgan fingerprint density at radius 2 is 1.22 bits per heavy atom. The van der Waals surface area contributed by atoms with Gasteiger partial charge in [0.25, 0.3) is 5.56 Å². The first-order valence-corrected chi connectivity index (χ1v) is 33.6. The quantitative estimate of drug-likeness (QED) is 0.0186. The Bertz CT molecular complexity index is 4000. The molecule has 3 aliphatic rings. The van der Waals surface area contributed by atoms with Crippen molar-refractivity contribution in [3.8, 4) is 0 Å². The van der Waals surface area contributed by atoms with E-state index in [0.717, 1.165) is 68.7 Å². The topological polar surface area (TPSA) is 234 Å². The number of allylic oxidation sites excluding steroid dienone is 4. The molecule has 0 bridgehead atoms. The molecule has 7 aromatic rings. The van der Waals surface area contributed by atoms with Gasteiger partial charge in [-0.05, 0) is 93.4 Å². The Labute approximate surface area is 542 Å². The zero-order chi connectivity index (χ0) is 64.9. The Hall–Kier alpha value is -8.22. The first kappa shape index (κ1) is 66.7. The molecule has 4 aromatic carbocycles. The van der Waals surface area contributed by atoms with Gasteiger partial charge in [-0.15, -0.1) is 0 Å². The second-order valence-corrected chi connectivity index (χ2v) is 26.3. The van der Waals surface area contributed by atoms with Crippen molar-refractivity contribution < 1.29 is 51.5 Å². The number of pyridine rings is 2. The van der Waals surface area contributed by atoms with Crippen molar-refractivity contribution >= 4 is 100 Å². The molecule has 6 heterocycles. The summed E-state index contributed by atoms with van der Waals surface area (Å²) >= 11 is 3.20. The molecule has 3 aliphatic heterocycles. The van der Waals surface area contributed by atoms with E-state index >= 15 is 0 Å². The van der Waals surface area contributed by atoms with E-state index in [9.17, 15) is 33.4 Å². The van der Waals surface area contributed by atoms with Crippen molar-refractivity contribution in [2.45, 2.75) is 74.6 Å². The number of ether oxygens (including phenoxy) is 2. The molecule has 1 fully saturated rings. The summed E-state index contributed by atoms with van der Waals surface area (Å²) in [5.41, 5.74) is 4.64. The van der Waals surface area contributed by atoms with Gasteiger partial charge in [0.15, 0.2) is 12.4 Å². The van der Waals surface area contributed by atoms with Crippen molar-refractivity contribution in [2.75, 3.05) is 68.8 Å². The normalized spacial score (nSPS) is 18.0. The van der Waals surface area contributed by atoms with E-state index in [0.29, 0.717) is 19.6 Å². The Morgan fingerprint density at radius 1 is 0.707 bits per heavy atom. The second-order valence-electron chi connectivity index (χ2n) is 22.8. The first-order chi connectivity index (χ1) is 44.4. The zero-order valence-electron chi connectivity index (χ0n) is 52.2. The molecule has 3 amide bonds. The van der Waals surface area contributed by atoms with Crippen LogP contribution < -0.4 is 46.1 Å². The van der Waals surface area contributed by atoms with E-state index in [1.165, 1.54) is 18.3 Å². The van der Waals surface area contributed by atoms with Crippen LogP contribution >= 0.6 is 31.3 Å². The van der Waals surface area contributed by atoms with Crippen LogP contribution in [0.4, 0.5) is 11.4 Å². The zero-order valence-corrected chi connectivity index (χ0v) is 54.7. The molecular weight excluding hydrogens is 1230 g/mol. The molecule has 0 radical (unpaired) electrons. The number of amides is 3. The van der Waals surface area contributed by atoms with Crippen molar-refractivity contribution in [1.29, 1.82) is 0 Å². The molecule has 24 heteroatoms. The molecule has 480 valence electrons. The fraction of sp³-hybridized carbons (Fsp3) is 0.309. The summed E-state index contributed by atoms with van der Waals surface area (Å²) in [4.78, 5) is 88.5. The van der Waals surface area contributed by atoms with E-state index in [1.807, 2.05) is 152 Å². The van der Waals surface area contributed by atoms with Gasteiger partial charge in [-0.3, -0.25) is 42.7 Å². The molecule has 92 heavy (non-hydrogen) atoms. The van der Waals surface area contributed by atoms with Crippen LogP contribution in [0.1, 0.15) is 57.0 Å². The van der Waals surface area contributed by atoms with Gasteiger partial charge in [0.2, 0.25) is 28.8 Å². The number of fused-ring (bicyclic) bond motifs is 4. The third-order valence-corrected chi connectivity index (χ3v) is 18.9.